The second-order valence-corrected chi connectivity index (χ2v) is 7.64. The minimum absolute atomic E-state index is 0.0917. The zero-order valence-electron chi connectivity index (χ0n) is 17.3. The molecular weight excluding hydrogens is 354 g/mol. The quantitative estimate of drug-likeness (QED) is 0.615. The molecule has 0 saturated carbocycles. The smallest absolute Gasteiger partial charge is 0.323 e. The normalized spacial score (nSPS) is 20.5. The fourth-order valence-corrected chi connectivity index (χ4v) is 3.85. The summed E-state index contributed by atoms with van der Waals surface area (Å²) in [7, 11) is 1.41. The van der Waals surface area contributed by atoms with Gasteiger partial charge in [-0.05, 0) is 57.9 Å². The lowest BCUT2D eigenvalue weighted by Gasteiger charge is -2.22. The zero-order valence-corrected chi connectivity index (χ0v) is 17.3. The number of aromatic nitrogens is 1. The Bertz CT molecular complexity index is 928. The third-order valence-electron chi connectivity index (χ3n) is 5.73. The summed E-state index contributed by atoms with van der Waals surface area (Å²) >= 11 is 0. The van der Waals surface area contributed by atoms with Gasteiger partial charge in [0.2, 0.25) is 0 Å². The number of aromatic amines is 1. The van der Waals surface area contributed by atoms with E-state index in [1.165, 1.54) is 12.7 Å². The number of nitrogens with one attached hydrogen (secondary N) is 2. The number of allylic oxidation sites excluding steroid dienone is 1. The third kappa shape index (κ3) is 3.97. The first-order chi connectivity index (χ1) is 13.3. The number of fused-ring (bicyclic) bond motifs is 1. The van der Waals surface area contributed by atoms with E-state index in [0.717, 1.165) is 22.2 Å². The van der Waals surface area contributed by atoms with E-state index in [0.29, 0.717) is 25.1 Å². The van der Waals surface area contributed by atoms with Crippen LogP contribution < -0.4 is 5.32 Å². The van der Waals surface area contributed by atoms with Crippen LogP contribution in [-0.2, 0) is 9.53 Å². The van der Waals surface area contributed by atoms with Crippen LogP contribution in [0.1, 0.15) is 41.9 Å². The molecule has 1 aliphatic heterocycles. The number of likely N-dealkylation sites (tertiary alicyclic amines) is 1. The van der Waals surface area contributed by atoms with Gasteiger partial charge in [0.05, 0.1) is 7.11 Å². The molecule has 1 aromatic heterocycles. The Hall–Kier alpha value is -2.60. The molecule has 2 heterocycles. The molecule has 6 nitrogen and oxygen atoms in total. The number of amides is 1. The molecule has 0 aliphatic carbocycles. The van der Waals surface area contributed by atoms with Crippen molar-refractivity contribution in [1.29, 1.82) is 0 Å². The molecule has 2 N–H and O–H groups in total. The molecule has 0 spiro atoms. The Kier molecular flexibility index (Phi) is 5.89. The van der Waals surface area contributed by atoms with Crippen molar-refractivity contribution in [3.63, 3.8) is 0 Å². The Balaban J connectivity index is 1.74. The Morgan fingerprint density at radius 3 is 2.79 bits per heavy atom. The highest BCUT2D eigenvalue weighted by atomic mass is 16.5. The standard InChI is InChI=1S/C22H29N3O3/c1-6-13(2)11-25-12-17(10-20(25)22(27)28-5)24-21(26)16-7-8-19-18(9-16)14(3)15(4)23-19/h6-9,17,20,23H,10-12H2,1-5H3,(H,24,26)/b13-6+/t17-,20+/m1/s1. The lowest BCUT2D eigenvalue weighted by Crippen LogP contribution is -2.38. The van der Waals surface area contributed by atoms with Gasteiger partial charge in [-0.1, -0.05) is 11.6 Å². The van der Waals surface area contributed by atoms with Gasteiger partial charge in [-0.2, -0.15) is 0 Å². The summed E-state index contributed by atoms with van der Waals surface area (Å²) in [5.74, 6) is -0.362. The van der Waals surface area contributed by atoms with Gasteiger partial charge in [0.15, 0.2) is 0 Å². The SMILES string of the molecule is C/C=C(\C)CN1C[C@H](NC(=O)c2ccc3[nH]c(C)c(C)c3c2)C[C@H]1C(=O)OC. The van der Waals surface area contributed by atoms with Crippen molar-refractivity contribution in [3.05, 3.63) is 46.7 Å². The monoisotopic (exact) mass is 383 g/mol. The molecule has 6 heteroatoms. The second-order valence-electron chi connectivity index (χ2n) is 7.64. The molecule has 1 amide bonds. The lowest BCUT2D eigenvalue weighted by atomic mass is 10.1. The van der Waals surface area contributed by atoms with E-state index in [-0.39, 0.29) is 24.0 Å². The number of rotatable bonds is 5. The summed E-state index contributed by atoms with van der Waals surface area (Å²) in [5.41, 5.74) is 5.12. The summed E-state index contributed by atoms with van der Waals surface area (Å²) in [4.78, 5) is 30.4. The van der Waals surface area contributed by atoms with Crippen LogP contribution in [0.15, 0.2) is 29.8 Å². The number of ether oxygens (including phenoxy) is 1. The summed E-state index contributed by atoms with van der Waals surface area (Å²) in [6.45, 7) is 9.42. The Morgan fingerprint density at radius 2 is 2.11 bits per heavy atom. The van der Waals surface area contributed by atoms with Gasteiger partial charge < -0.3 is 15.0 Å². The number of carbonyl (C=O) groups is 2. The van der Waals surface area contributed by atoms with Gasteiger partial charge in [0.1, 0.15) is 6.04 Å². The number of nitrogens with zero attached hydrogens (tertiary/aromatic N) is 1. The van der Waals surface area contributed by atoms with Crippen LogP contribution >= 0.6 is 0 Å². The average Bonchev–Trinajstić information content (AvgIpc) is 3.21. The van der Waals surface area contributed by atoms with Gasteiger partial charge >= 0.3 is 5.97 Å². The van der Waals surface area contributed by atoms with Gasteiger partial charge in [0, 0.05) is 41.3 Å². The highest BCUT2D eigenvalue weighted by molar-refractivity contribution is 5.99. The van der Waals surface area contributed by atoms with Gasteiger partial charge in [-0.15, -0.1) is 0 Å². The minimum atomic E-state index is -0.331. The number of H-pyrrole nitrogens is 1. The Morgan fingerprint density at radius 1 is 1.36 bits per heavy atom. The van der Waals surface area contributed by atoms with Crippen molar-refractivity contribution < 1.29 is 14.3 Å². The number of carbonyl (C=O) groups excluding carboxylic acids is 2. The first-order valence-electron chi connectivity index (χ1n) is 9.67. The summed E-state index contributed by atoms with van der Waals surface area (Å²) in [6.07, 6.45) is 2.59. The molecule has 2 atom stereocenters. The zero-order chi connectivity index (χ0) is 20.4. The van der Waals surface area contributed by atoms with E-state index >= 15 is 0 Å². The van der Waals surface area contributed by atoms with Crippen LogP contribution in [-0.4, -0.2) is 54.0 Å². The largest absolute Gasteiger partial charge is 0.468 e. The summed E-state index contributed by atoms with van der Waals surface area (Å²) in [6, 6.07) is 5.28. The van der Waals surface area contributed by atoms with E-state index in [2.05, 4.69) is 22.1 Å². The van der Waals surface area contributed by atoms with E-state index in [1.807, 2.05) is 45.0 Å². The molecule has 1 saturated heterocycles. The molecule has 150 valence electrons. The van der Waals surface area contributed by atoms with Gasteiger partial charge in [0.25, 0.3) is 5.91 Å². The predicted octanol–water partition coefficient (Wildman–Crippen LogP) is 3.10. The van der Waals surface area contributed by atoms with Crippen molar-refractivity contribution in [2.75, 3.05) is 20.2 Å². The molecule has 3 rings (SSSR count). The van der Waals surface area contributed by atoms with Crippen molar-refractivity contribution in [2.24, 2.45) is 0 Å². The first-order valence-corrected chi connectivity index (χ1v) is 9.67. The molecule has 1 fully saturated rings. The van der Waals surface area contributed by atoms with Crippen LogP contribution in [0.5, 0.6) is 0 Å². The topological polar surface area (TPSA) is 74.4 Å². The second kappa shape index (κ2) is 8.19. The maximum atomic E-state index is 12.8. The highest BCUT2D eigenvalue weighted by Crippen LogP contribution is 2.24. The number of aryl methyl sites for hydroxylation is 2. The summed E-state index contributed by atoms with van der Waals surface area (Å²) in [5, 5.41) is 4.16. The summed E-state index contributed by atoms with van der Waals surface area (Å²) < 4.78 is 4.96. The van der Waals surface area contributed by atoms with Crippen molar-refractivity contribution in [2.45, 2.75) is 46.2 Å². The van der Waals surface area contributed by atoms with Crippen LogP contribution in [0.25, 0.3) is 10.9 Å². The number of hydrogen-bond donors (Lipinski definition) is 2. The molecule has 0 unspecified atom stereocenters. The van der Waals surface area contributed by atoms with Crippen molar-refractivity contribution in [1.82, 2.24) is 15.2 Å². The molecular formula is C22H29N3O3. The van der Waals surface area contributed by atoms with Crippen LogP contribution in [0.2, 0.25) is 0 Å². The number of methoxy groups -OCH3 is 1. The van der Waals surface area contributed by atoms with Crippen molar-refractivity contribution in [3.8, 4) is 0 Å². The Labute approximate surface area is 165 Å². The maximum absolute atomic E-state index is 12.8. The van der Waals surface area contributed by atoms with Crippen LogP contribution in [0.4, 0.5) is 0 Å². The maximum Gasteiger partial charge on any atom is 0.323 e. The van der Waals surface area contributed by atoms with E-state index in [1.54, 1.807) is 0 Å². The van der Waals surface area contributed by atoms with E-state index < -0.39 is 0 Å². The number of benzene rings is 1. The molecule has 0 bridgehead atoms. The molecule has 0 radical (unpaired) electrons. The molecule has 1 aliphatic rings. The molecule has 1 aromatic carbocycles. The highest BCUT2D eigenvalue weighted by Gasteiger charge is 2.38. The molecule has 2 aromatic rings. The fourth-order valence-electron chi connectivity index (χ4n) is 3.85. The number of esters is 1. The van der Waals surface area contributed by atoms with Crippen molar-refractivity contribution >= 4 is 22.8 Å². The third-order valence-corrected chi connectivity index (χ3v) is 5.73. The van der Waals surface area contributed by atoms with E-state index in [9.17, 15) is 9.59 Å². The van der Waals surface area contributed by atoms with Gasteiger partial charge in [-0.3, -0.25) is 14.5 Å². The van der Waals surface area contributed by atoms with E-state index in [4.69, 9.17) is 4.74 Å². The fraction of sp³-hybridized carbons (Fsp3) is 0.455. The average molecular weight is 383 g/mol. The first kappa shape index (κ1) is 20.1. The lowest BCUT2D eigenvalue weighted by molar-refractivity contribution is -0.145. The minimum Gasteiger partial charge on any atom is -0.468 e. The predicted molar refractivity (Wildman–Crippen MR) is 110 cm³/mol. The van der Waals surface area contributed by atoms with Crippen LogP contribution in [0.3, 0.4) is 0 Å². The molecule has 28 heavy (non-hydrogen) atoms. The van der Waals surface area contributed by atoms with Crippen LogP contribution in [0, 0.1) is 13.8 Å². The van der Waals surface area contributed by atoms with Gasteiger partial charge in [-0.25, -0.2) is 0 Å². The number of hydrogen-bond acceptors (Lipinski definition) is 4.